The largest absolute Gasteiger partial charge is 0.467 e. The topological polar surface area (TPSA) is 18.5 Å². The van der Waals surface area contributed by atoms with Crippen LogP contribution in [-0.4, -0.2) is 12.8 Å². The van der Waals surface area contributed by atoms with Crippen molar-refractivity contribution in [1.82, 2.24) is 0 Å². The molecule has 76 valence electrons. The third-order valence-electron chi connectivity index (χ3n) is 1.94. The van der Waals surface area contributed by atoms with Crippen molar-refractivity contribution in [2.45, 2.75) is 6.61 Å². The van der Waals surface area contributed by atoms with E-state index in [1.54, 1.807) is 6.07 Å². The number of ether oxygens (including phenoxy) is 2. The van der Waals surface area contributed by atoms with Crippen LogP contribution in [0.3, 0.4) is 0 Å². The second kappa shape index (κ2) is 3.91. The van der Waals surface area contributed by atoms with Crippen LogP contribution in [0.5, 0.6) is 5.75 Å². The van der Waals surface area contributed by atoms with Gasteiger partial charge < -0.3 is 9.47 Å². The zero-order chi connectivity index (χ0) is 10.2. The summed E-state index contributed by atoms with van der Waals surface area (Å²) in [4.78, 5) is 0. The summed E-state index contributed by atoms with van der Waals surface area (Å²) in [5, 5.41) is 0.760. The van der Waals surface area contributed by atoms with E-state index in [9.17, 15) is 0 Å². The molecule has 0 aliphatic carbocycles. The Labute approximate surface area is 96.8 Å². The van der Waals surface area contributed by atoms with Crippen molar-refractivity contribution in [2.24, 2.45) is 0 Å². The second-order valence-corrected chi connectivity index (χ2v) is 11.3. The molecule has 1 aromatic rings. The van der Waals surface area contributed by atoms with Gasteiger partial charge in [-0.25, -0.2) is 0 Å². The van der Waals surface area contributed by atoms with Crippen LogP contribution in [0.4, 0.5) is 0 Å². The van der Waals surface area contributed by atoms with Crippen LogP contribution in [0.1, 0.15) is 5.56 Å². The fraction of sp³-hybridized carbons (Fsp3) is 0.250. The molecule has 1 aliphatic rings. The maximum atomic E-state index is 5.89. The first-order valence-corrected chi connectivity index (χ1v) is 9.01. The van der Waals surface area contributed by atoms with E-state index in [4.69, 9.17) is 42.7 Å². The van der Waals surface area contributed by atoms with Crippen molar-refractivity contribution in [3.63, 3.8) is 0 Å². The Kier molecular flexibility index (Phi) is 2.95. The third-order valence-corrected chi connectivity index (χ3v) is 4.87. The smallest absolute Gasteiger partial charge is 0.372 e. The van der Waals surface area contributed by atoms with E-state index in [2.05, 4.69) is 0 Å². The molecule has 0 saturated heterocycles. The van der Waals surface area contributed by atoms with Gasteiger partial charge in [0.25, 0.3) is 0 Å². The SMILES string of the molecule is Cl[Si](Cl)(Cl)c1ccc2c(c1)COCO2. The van der Waals surface area contributed by atoms with Crippen molar-refractivity contribution < 1.29 is 9.47 Å². The van der Waals surface area contributed by atoms with Crippen molar-refractivity contribution in [3.05, 3.63) is 23.8 Å². The van der Waals surface area contributed by atoms with Gasteiger partial charge in [-0.3, -0.25) is 0 Å². The van der Waals surface area contributed by atoms with Gasteiger partial charge in [-0.15, -0.1) is 33.2 Å². The predicted molar refractivity (Wildman–Crippen MR) is 59.7 cm³/mol. The molecule has 0 fully saturated rings. The quantitative estimate of drug-likeness (QED) is 0.576. The molecule has 2 nitrogen and oxygen atoms in total. The molecule has 0 unspecified atom stereocenters. The molecule has 0 atom stereocenters. The van der Waals surface area contributed by atoms with Gasteiger partial charge in [0, 0.05) is 5.56 Å². The van der Waals surface area contributed by atoms with E-state index in [1.807, 2.05) is 12.1 Å². The molecular weight excluding hydrogens is 263 g/mol. The van der Waals surface area contributed by atoms with Gasteiger partial charge in [-0.05, 0) is 11.3 Å². The number of hydrogen-bond donors (Lipinski definition) is 0. The van der Waals surface area contributed by atoms with Gasteiger partial charge in [0.15, 0.2) is 6.79 Å². The van der Waals surface area contributed by atoms with Crippen molar-refractivity contribution >= 4 is 44.4 Å². The van der Waals surface area contributed by atoms with Crippen LogP contribution in [0.15, 0.2) is 18.2 Å². The zero-order valence-electron chi connectivity index (χ0n) is 7.10. The van der Waals surface area contributed by atoms with E-state index >= 15 is 0 Å². The molecule has 0 N–H and O–H groups in total. The Balaban J connectivity index is 2.39. The van der Waals surface area contributed by atoms with E-state index < -0.39 is 6.00 Å². The van der Waals surface area contributed by atoms with Gasteiger partial charge in [-0.2, -0.15) is 0 Å². The molecule has 0 bridgehead atoms. The van der Waals surface area contributed by atoms with E-state index in [0.29, 0.717) is 6.61 Å². The molecule has 0 saturated carbocycles. The van der Waals surface area contributed by atoms with Crippen LogP contribution in [0.25, 0.3) is 0 Å². The molecule has 0 radical (unpaired) electrons. The van der Waals surface area contributed by atoms with Gasteiger partial charge >= 0.3 is 6.00 Å². The highest BCUT2D eigenvalue weighted by Crippen LogP contribution is 2.26. The molecule has 14 heavy (non-hydrogen) atoms. The van der Waals surface area contributed by atoms with Gasteiger partial charge in [0.1, 0.15) is 5.75 Å². The number of rotatable bonds is 1. The van der Waals surface area contributed by atoms with Crippen LogP contribution < -0.4 is 9.92 Å². The first-order valence-electron chi connectivity index (χ1n) is 3.98. The standard InChI is InChI=1S/C8H7Cl3O2Si/c9-14(10,11)7-1-2-8-6(3-7)4-12-5-13-8/h1-3H,4-5H2. The van der Waals surface area contributed by atoms with E-state index in [0.717, 1.165) is 16.5 Å². The number of fused-ring (bicyclic) bond motifs is 1. The lowest BCUT2D eigenvalue weighted by Gasteiger charge is -2.19. The number of halogens is 3. The summed E-state index contributed by atoms with van der Waals surface area (Å²) in [6.45, 7) is 0.801. The zero-order valence-corrected chi connectivity index (χ0v) is 10.4. The monoisotopic (exact) mass is 268 g/mol. The molecule has 0 amide bonds. The predicted octanol–water partition coefficient (Wildman–Crippen LogP) is 2.42. The maximum Gasteiger partial charge on any atom is 0.372 e. The third kappa shape index (κ3) is 2.18. The highest BCUT2D eigenvalue weighted by Gasteiger charge is 2.29. The average Bonchev–Trinajstić information content (AvgIpc) is 2.16. The van der Waals surface area contributed by atoms with Gasteiger partial charge in [0.05, 0.1) is 6.61 Å². The molecule has 1 heterocycles. The Bertz CT molecular complexity index is 351. The number of hydrogen-bond acceptors (Lipinski definition) is 2. The van der Waals surface area contributed by atoms with E-state index in [1.165, 1.54) is 0 Å². The summed E-state index contributed by atoms with van der Waals surface area (Å²) in [6, 6.07) is 2.67. The Morgan fingerprint density at radius 2 is 2.00 bits per heavy atom. The van der Waals surface area contributed by atoms with Crippen molar-refractivity contribution in [2.75, 3.05) is 6.79 Å². The van der Waals surface area contributed by atoms with E-state index in [-0.39, 0.29) is 6.79 Å². The van der Waals surface area contributed by atoms with Crippen LogP contribution in [0.2, 0.25) is 0 Å². The maximum absolute atomic E-state index is 5.89. The normalized spacial score (nSPS) is 15.9. The molecule has 1 aromatic carbocycles. The van der Waals surface area contributed by atoms with Crippen LogP contribution in [-0.2, 0) is 11.3 Å². The van der Waals surface area contributed by atoms with Gasteiger partial charge in [-0.1, -0.05) is 12.1 Å². The van der Waals surface area contributed by atoms with Crippen molar-refractivity contribution in [1.29, 1.82) is 0 Å². The van der Waals surface area contributed by atoms with Crippen LogP contribution in [0, 0.1) is 0 Å². The summed E-state index contributed by atoms with van der Waals surface area (Å²) < 4.78 is 10.4. The molecular formula is C8H7Cl3O2Si. The second-order valence-electron chi connectivity index (χ2n) is 2.93. The molecule has 0 aromatic heterocycles. The Hall–Kier alpha value is 0.0669. The molecule has 0 spiro atoms. The van der Waals surface area contributed by atoms with Gasteiger partial charge in [0.2, 0.25) is 0 Å². The summed E-state index contributed by atoms with van der Waals surface area (Å²) in [7, 11) is 0. The minimum atomic E-state index is -2.79. The summed E-state index contributed by atoms with van der Waals surface area (Å²) >= 11 is 17.7. The highest BCUT2D eigenvalue weighted by molar-refractivity contribution is 7.69. The fourth-order valence-corrected chi connectivity index (χ4v) is 2.93. The summed E-state index contributed by atoms with van der Waals surface area (Å²) in [6.07, 6.45) is 0. The molecule has 2 rings (SSSR count). The fourth-order valence-electron chi connectivity index (χ4n) is 1.27. The molecule has 6 heteroatoms. The lowest BCUT2D eigenvalue weighted by atomic mass is 10.2. The first-order chi connectivity index (χ1) is 6.57. The van der Waals surface area contributed by atoms with Crippen LogP contribution >= 0.6 is 33.2 Å². The van der Waals surface area contributed by atoms with Crippen molar-refractivity contribution in [3.8, 4) is 5.75 Å². The number of benzene rings is 1. The summed E-state index contributed by atoms with van der Waals surface area (Å²) in [5.74, 6) is 0.809. The molecule has 1 aliphatic heterocycles. The average molecular weight is 270 g/mol. The summed E-state index contributed by atoms with van der Waals surface area (Å²) in [5.41, 5.74) is 0.938. The Morgan fingerprint density at radius 1 is 1.21 bits per heavy atom. The highest BCUT2D eigenvalue weighted by atomic mass is 35.8. The Morgan fingerprint density at radius 3 is 2.71 bits per heavy atom. The first kappa shape index (κ1) is 10.6. The minimum absolute atomic E-state index is 0.289. The minimum Gasteiger partial charge on any atom is -0.467 e. The lowest BCUT2D eigenvalue weighted by Crippen LogP contribution is -2.31. The lowest BCUT2D eigenvalue weighted by molar-refractivity contribution is -0.0163.